The molecule has 8 nitrogen and oxygen atoms in total. The fraction of sp³-hybridized carbons (Fsp3) is 0.478. The van der Waals surface area contributed by atoms with Crippen LogP contribution in [0.1, 0.15) is 64.5 Å². The van der Waals surface area contributed by atoms with Gasteiger partial charge in [0.25, 0.3) is 5.91 Å². The van der Waals surface area contributed by atoms with Crippen molar-refractivity contribution in [2.24, 2.45) is 0 Å². The minimum absolute atomic E-state index is 0.111. The van der Waals surface area contributed by atoms with E-state index < -0.39 is 6.04 Å². The third-order valence-corrected chi connectivity index (χ3v) is 6.91. The number of carbonyl (C=O) groups is 3. The molecule has 31 heavy (non-hydrogen) atoms. The van der Waals surface area contributed by atoms with Gasteiger partial charge in [-0.15, -0.1) is 0 Å². The van der Waals surface area contributed by atoms with Gasteiger partial charge in [0, 0.05) is 30.8 Å². The molecule has 3 aliphatic heterocycles. The molecule has 8 heteroatoms. The summed E-state index contributed by atoms with van der Waals surface area (Å²) in [5.74, 6) is -0.263. The minimum atomic E-state index is -0.560. The summed E-state index contributed by atoms with van der Waals surface area (Å²) in [6.07, 6.45) is 4.57. The summed E-state index contributed by atoms with van der Waals surface area (Å²) in [5.41, 5.74) is 5.18. The van der Waals surface area contributed by atoms with Gasteiger partial charge in [0.05, 0.1) is 12.0 Å². The van der Waals surface area contributed by atoms with Gasteiger partial charge in [-0.1, -0.05) is 12.1 Å². The number of imidazole rings is 1. The van der Waals surface area contributed by atoms with Gasteiger partial charge in [-0.05, 0) is 62.4 Å². The highest BCUT2D eigenvalue weighted by Crippen LogP contribution is 2.33. The van der Waals surface area contributed by atoms with Gasteiger partial charge < -0.3 is 9.88 Å². The Morgan fingerprint density at radius 2 is 1.94 bits per heavy atom. The lowest BCUT2D eigenvalue weighted by atomic mass is 9.88. The van der Waals surface area contributed by atoms with Crippen LogP contribution in [0.4, 0.5) is 0 Å². The fourth-order valence-corrected chi connectivity index (χ4v) is 5.03. The van der Waals surface area contributed by atoms with Crippen LogP contribution in [0.2, 0.25) is 0 Å². The number of fused-ring (bicyclic) bond motifs is 1. The SMILES string of the molecule is Cc1[nH]cnc1CN1CCC(c2ccc3c(c2)CN(C2CCC(=O)NC2=O)C3=O)CC1. The van der Waals surface area contributed by atoms with Crippen LogP contribution < -0.4 is 5.32 Å². The van der Waals surface area contributed by atoms with E-state index in [-0.39, 0.29) is 24.1 Å². The molecule has 4 heterocycles. The molecule has 0 spiro atoms. The van der Waals surface area contributed by atoms with Crippen LogP contribution in [-0.4, -0.2) is 56.6 Å². The number of hydrogen-bond acceptors (Lipinski definition) is 5. The number of carbonyl (C=O) groups excluding carboxylic acids is 3. The van der Waals surface area contributed by atoms with E-state index in [4.69, 9.17) is 0 Å². The maximum Gasteiger partial charge on any atom is 0.255 e. The van der Waals surface area contributed by atoms with E-state index in [1.807, 2.05) is 6.07 Å². The highest BCUT2D eigenvalue weighted by Gasteiger charge is 2.39. The molecular formula is C23H27N5O3. The predicted octanol–water partition coefficient (Wildman–Crippen LogP) is 1.86. The number of nitrogens with zero attached hydrogens (tertiary/aromatic N) is 3. The van der Waals surface area contributed by atoms with E-state index in [9.17, 15) is 14.4 Å². The third kappa shape index (κ3) is 3.76. The van der Waals surface area contributed by atoms with Crippen LogP contribution in [0, 0.1) is 6.92 Å². The van der Waals surface area contributed by atoms with Gasteiger partial charge in [-0.2, -0.15) is 0 Å². The molecule has 2 aromatic rings. The van der Waals surface area contributed by atoms with Gasteiger partial charge >= 0.3 is 0 Å². The number of hydrogen-bond donors (Lipinski definition) is 2. The summed E-state index contributed by atoms with van der Waals surface area (Å²) < 4.78 is 0. The molecule has 1 aromatic heterocycles. The van der Waals surface area contributed by atoms with Crippen LogP contribution in [-0.2, 0) is 22.7 Å². The lowest BCUT2D eigenvalue weighted by Crippen LogP contribution is -2.52. The van der Waals surface area contributed by atoms with Crippen molar-refractivity contribution in [2.75, 3.05) is 13.1 Å². The molecular weight excluding hydrogens is 394 g/mol. The Morgan fingerprint density at radius 1 is 1.13 bits per heavy atom. The maximum absolute atomic E-state index is 12.9. The second-order valence-electron chi connectivity index (χ2n) is 8.84. The van der Waals surface area contributed by atoms with E-state index in [2.05, 4.69) is 39.2 Å². The Bertz CT molecular complexity index is 1040. The van der Waals surface area contributed by atoms with E-state index in [0.29, 0.717) is 24.4 Å². The number of rotatable bonds is 4. The standard InChI is InChI=1S/C23H27N5O3/c1-14-19(25-13-24-14)12-27-8-6-15(7-9-27)16-2-3-18-17(10-16)11-28(23(18)31)20-4-5-21(29)26-22(20)30/h2-3,10,13,15,20H,4-9,11-12H2,1H3,(H,24,25)(H,26,29,30). The average Bonchev–Trinajstić information content (AvgIpc) is 3.31. The summed E-state index contributed by atoms with van der Waals surface area (Å²) >= 11 is 0. The summed E-state index contributed by atoms with van der Waals surface area (Å²) in [6, 6.07) is 5.58. The Morgan fingerprint density at radius 3 is 2.65 bits per heavy atom. The molecule has 5 rings (SSSR count). The number of imide groups is 1. The first-order chi connectivity index (χ1) is 15.0. The van der Waals surface area contributed by atoms with E-state index >= 15 is 0 Å². The highest BCUT2D eigenvalue weighted by molar-refractivity contribution is 6.05. The number of benzene rings is 1. The fourth-order valence-electron chi connectivity index (χ4n) is 5.03. The number of aromatic nitrogens is 2. The van der Waals surface area contributed by atoms with Crippen molar-refractivity contribution < 1.29 is 14.4 Å². The first kappa shape index (κ1) is 19.9. The molecule has 3 amide bonds. The van der Waals surface area contributed by atoms with Crippen LogP contribution in [0.15, 0.2) is 24.5 Å². The Labute approximate surface area is 181 Å². The zero-order chi connectivity index (χ0) is 21.5. The van der Waals surface area contributed by atoms with Crippen LogP contribution >= 0.6 is 0 Å². The summed E-state index contributed by atoms with van der Waals surface area (Å²) in [6.45, 7) is 5.41. The Hall–Kier alpha value is -3.00. The number of amides is 3. The summed E-state index contributed by atoms with van der Waals surface area (Å²) in [4.78, 5) is 48.2. The summed E-state index contributed by atoms with van der Waals surface area (Å²) in [5, 5.41) is 2.36. The predicted molar refractivity (Wildman–Crippen MR) is 113 cm³/mol. The van der Waals surface area contributed by atoms with Crippen LogP contribution in [0.3, 0.4) is 0 Å². The van der Waals surface area contributed by atoms with Crippen molar-refractivity contribution in [1.82, 2.24) is 25.1 Å². The Balaban J connectivity index is 1.24. The molecule has 0 bridgehead atoms. The van der Waals surface area contributed by atoms with E-state index in [0.717, 1.165) is 49.4 Å². The van der Waals surface area contributed by atoms with Gasteiger partial charge in [0.2, 0.25) is 11.8 Å². The molecule has 0 aliphatic carbocycles. The van der Waals surface area contributed by atoms with Crippen molar-refractivity contribution in [3.63, 3.8) is 0 Å². The highest BCUT2D eigenvalue weighted by atomic mass is 16.2. The van der Waals surface area contributed by atoms with Crippen molar-refractivity contribution in [2.45, 2.75) is 57.7 Å². The lowest BCUT2D eigenvalue weighted by Gasteiger charge is -2.32. The quantitative estimate of drug-likeness (QED) is 0.735. The van der Waals surface area contributed by atoms with Crippen LogP contribution in [0.25, 0.3) is 0 Å². The number of H-pyrrole nitrogens is 1. The topological polar surface area (TPSA) is 98.4 Å². The van der Waals surface area contributed by atoms with E-state index in [1.165, 1.54) is 5.56 Å². The Kier molecular flexibility index (Phi) is 5.09. The van der Waals surface area contributed by atoms with Gasteiger partial charge in [-0.3, -0.25) is 24.6 Å². The number of nitrogens with one attached hydrogen (secondary N) is 2. The third-order valence-electron chi connectivity index (χ3n) is 6.91. The molecule has 0 radical (unpaired) electrons. The molecule has 2 saturated heterocycles. The van der Waals surface area contributed by atoms with Crippen molar-refractivity contribution in [3.8, 4) is 0 Å². The largest absolute Gasteiger partial charge is 0.348 e. The molecule has 1 atom stereocenters. The number of aryl methyl sites for hydroxylation is 1. The monoisotopic (exact) mass is 421 g/mol. The first-order valence-electron chi connectivity index (χ1n) is 11.0. The van der Waals surface area contributed by atoms with Gasteiger partial charge in [0.1, 0.15) is 6.04 Å². The minimum Gasteiger partial charge on any atom is -0.348 e. The smallest absolute Gasteiger partial charge is 0.255 e. The number of likely N-dealkylation sites (tertiary alicyclic amines) is 1. The second kappa shape index (κ2) is 7.92. The van der Waals surface area contributed by atoms with Gasteiger partial charge in [-0.25, -0.2) is 4.98 Å². The average molecular weight is 422 g/mol. The first-order valence-corrected chi connectivity index (χ1v) is 11.0. The molecule has 162 valence electrons. The molecule has 2 N–H and O–H groups in total. The van der Waals surface area contributed by atoms with Crippen molar-refractivity contribution >= 4 is 17.7 Å². The van der Waals surface area contributed by atoms with Crippen LogP contribution in [0.5, 0.6) is 0 Å². The molecule has 3 aliphatic rings. The molecule has 2 fully saturated rings. The number of aromatic amines is 1. The van der Waals surface area contributed by atoms with E-state index in [1.54, 1.807) is 11.2 Å². The molecule has 1 aromatic carbocycles. The van der Waals surface area contributed by atoms with Gasteiger partial charge in [0.15, 0.2) is 0 Å². The molecule has 0 saturated carbocycles. The van der Waals surface area contributed by atoms with Crippen molar-refractivity contribution in [1.29, 1.82) is 0 Å². The normalized spacial score (nSPS) is 22.7. The zero-order valence-electron chi connectivity index (χ0n) is 17.7. The van der Waals surface area contributed by atoms with Crippen molar-refractivity contribution in [3.05, 3.63) is 52.6 Å². The summed E-state index contributed by atoms with van der Waals surface area (Å²) in [7, 11) is 0. The lowest BCUT2D eigenvalue weighted by molar-refractivity contribution is -0.136. The number of piperidine rings is 2. The second-order valence-corrected chi connectivity index (χ2v) is 8.84. The zero-order valence-corrected chi connectivity index (χ0v) is 17.7. The maximum atomic E-state index is 12.9. The molecule has 1 unspecified atom stereocenters.